The lowest BCUT2D eigenvalue weighted by Crippen LogP contribution is -2.40. The highest BCUT2D eigenvalue weighted by molar-refractivity contribution is 7.89. The number of benzene rings is 1. The van der Waals surface area contributed by atoms with Crippen LogP contribution in [0.4, 0.5) is 0 Å². The van der Waals surface area contributed by atoms with Crippen molar-refractivity contribution in [1.29, 1.82) is 0 Å². The van der Waals surface area contributed by atoms with Crippen LogP contribution in [-0.2, 0) is 24.4 Å². The zero-order valence-corrected chi connectivity index (χ0v) is 16.1. The number of rotatable bonds is 13. The van der Waals surface area contributed by atoms with Crippen LogP contribution >= 0.6 is 0 Å². The van der Waals surface area contributed by atoms with E-state index >= 15 is 0 Å². The molecule has 0 saturated heterocycles. The van der Waals surface area contributed by atoms with Gasteiger partial charge in [0.15, 0.2) is 0 Å². The highest BCUT2D eigenvalue weighted by Crippen LogP contribution is 2.21. The smallest absolute Gasteiger partial charge is 0.339 e. The molecule has 0 bridgehead atoms. The number of aromatic hydroxyl groups is 1. The minimum Gasteiger partial charge on any atom is -0.507 e. The Balaban J connectivity index is 2.42. The number of carbonyl (C=O) groups is 4. The fraction of sp³-hybridized carbons (Fsp3) is 0.412. The van der Waals surface area contributed by atoms with Gasteiger partial charge >= 0.3 is 11.9 Å². The molecule has 11 nitrogen and oxygen atoms in total. The van der Waals surface area contributed by atoms with Crippen LogP contribution in [0.15, 0.2) is 23.1 Å². The van der Waals surface area contributed by atoms with E-state index in [0.29, 0.717) is 25.5 Å². The Labute approximate surface area is 166 Å². The third-order valence-electron chi connectivity index (χ3n) is 3.85. The average Bonchev–Trinajstić information content (AvgIpc) is 2.64. The molecular formula is C17H22N2O9S. The van der Waals surface area contributed by atoms with Gasteiger partial charge in [-0.2, -0.15) is 0 Å². The lowest BCUT2D eigenvalue weighted by molar-refractivity contribution is -0.142. The summed E-state index contributed by atoms with van der Waals surface area (Å²) in [7, 11) is -3.97. The molecule has 1 aromatic carbocycles. The Morgan fingerprint density at radius 3 is 2.38 bits per heavy atom. The number of carbonyl (C=O) groups excluding carboxylic acids is 2. The van der Waals surface area contributed by atoms with Crippen LogP contribution in [0.2, 0.25) is 0 Å². The van der Waals surface area contributed by atoms with E-state index in [9.17, 15) is 32.7 Å². The molecule has 0 radical (unpaired) electrons. The van der Waals surface area contributed by atoms with Crippen LogP contribution in [0.25, 0.3) is 0 Å². The van der Waals surface area contributed by atoms with E-state index in [2.05, 4.69) is 10.0 Å². The highest BCUT2D eigenvalue weighted by atomic mass is 32.2. The summed E-state index contributed by atoms with van der Waals surface area (Å²) < 4.78 is 26.6. The molecular weight excluding hydrogens is 408 g/mol. The molecule has 0 fully saturated rings. The minimum atomic E-state index is -3.97. The Hall–Kier alpha value is -2.99. The zero-order chi connectivity index (χ0) is 22.0. The molecule has 1 rings (SSSR count). The number of carboxylic acids is 2. The van der Waals surface area contributed by atoms with Crippen molar-refractivity contribution in [3.05, 3.63) is 23.8 Å². The molecule has 0 aliphatic heterocycles. The predicted molar refractivity (Wildman–Crippen MR) is 99.0 cm³/mol. The molecule has 0 aliphatic rings. The molecule has 0 saturated carbocycles. The number of aromatic carboxylic acids is 1. The van der Waals surface area contributed by atoms with Crippen molar-refractivity contribution in [2.45, 2.75) is 43.0 Å². The molecule has 1 atom stereocenters. The first-order valence-electron chi connectivity index (χ1n) is 8.60. The molecule has 0 unspecified atom stereocenters. The Kier molecular flexibility index (Phi) is 9.22. The van der Waals surface area contributed by atoms with Crippen LogP contribution in [0.3, 0.4) is 0 Å². The summed E-state index contributed by atoms with van der Waals surface area (Å²) in [6.45, 7) is 0.0378. The van der Waals surface area contributed by atoms with Gasteiger partial charge in [-0.25, -0.2) is 22.7 Å². The van der Waals surface area contributed by atoms with Crippen molar-refractivity contribution in [1.82, 2.24) is 10.0 Å². The van der Waals surface area contributed by atoms with Gasteiger partial charge in [-0.1, -0.05) is 6.42 Å². The first-order chi connectivity index (χ1) is 13.6. The van der Waals surface area contributed by atoms with Crippen LogP contribution in [-0.4, -0.2) is 60.5 Å². The molecule has 0 heterocycles. The fourth-order valence-electron chi connectivity index (χ4n) is 2.32. The number of carboxylic acid groups (broad SMARTS) is 2. The lowest BCUT2D eigenvalue weighted by Gasteiger charge is -2.11. The second-order valence-corrected chi connectivity index (χ2v) is 7.82. The summed E-state index contributed by atoms with van der Waals surface area (Å²) in [5, 5.41) is 29.4. The molecule has 1 aromatic rings. The van der Waals surface area contributed by atoms with Crippen molar-refractivity contribution in [3.63, 3.8) is 0 Å². The predicted octanol–water partition coefficient (Wildman–Crippen LogP) is 0.0875. The average molecular weight is 430 g/mol. The van der Waals surface area contributed by atoms with Crippen LogP contribution in [0, 0.1) is 0 Å². The number of phenols is 1. The van der Waals surface area contributed by atoms with Crippen molar-refractivity contribution in [2.24, 2.45) is 0 Å². The quantitative estimate of drug-likeness (QED) is 0.213. The number of hydrogen-bond acceptors (Lipinski definition) is 7. The maximum atomic E-state index is 12.2. The van der Waals surface area contributed by atoms with E-state index in [1.165, 1.54) is 0 Å². The van der Waals surface area contributed by atoms with Crippen LogP contribution in [0.5, 0.6) is 5.75 Å². The van der Waals surface area contributed by atoms with E-state index in [1.807, 2.05) is 0 Å². The van der Waals surface area contributed by atoms with Gasteiger partial charge in [0.2, 0.25) is 15.9 Å². The number of aldehydes is 1. The first kappa shape index (κ1) is 24.0. The molecule has 0 aromatic heterocycles. The molecule has 5 N–H and O–H groups in total. The van der Waals surface area contributed by atoms with Gasteiger partial charge < -0.3 is 25.4 Å². The number of amides is 1. The summed E-state index contributed by atoms with van der Waals surface area (Å²) in [4.78, 5) is 43.5. The maximum absolute atomic E-state index is 12.2. The summed E-state index contributed by atoms with van der Waals surface area (Å²) in [5.41, 5.74) is -0.534. The van der Waals surface area contributed by atoms with Gasteiger partial charge in [0, 0.05) is 19.4 Å². The van der Waals surface area contributed by atoms with Gasteiger partial charge in [-0.05, 0) is 31.0 Å². The molecule has 0 aliphatic carbocycles. The molecule has 1 amide bonds. The second kappa shape index (κ2) is 11.1. The van der Waals surface area contributed by atoms with Crippen molar-refractivity contribution in [2.75, 3.05) is 6.54 Å². The summed E-state index contributed by atoms with van der Waals surface area (Å²) >= 11 is 0. The number of hydrogen-bond donors (Lipinski definition) is 5. The van der Waals surface area contributed by atoms with E-state index in [1.54, 1.807) is 0 Å². The minimum absolute atomic E-state index is 0.0231. The topological polar surface area (TPSA) is 187 Å². The molecule has 0 spiro atoms. The normalized spacial score (nSPS) is 12.1. The van der Waals surface area contributed by atoms with Gasteiger partial charge in [-0.3, -0.25) is 4.79 Å². The number of aliphatic carboxylic acids is 1. The Bertz CT molecular complexity index is 868. The van der Waals surface area contributed by atoms with Gasteiger partial charge in [-0.15, -0.1) is 0 Å². The van der Waals surface area contributed by atoms with E-state index in [0.717, 1.165) is 18.2 Å². The summed E-state index contributed by atoms with van der Waals surface area (Å²) in [5.74, 6) is -3.84. The third-order valence-corrected chi connectivity index (χ3v) is 5.31. The zero-order valence-electron chi connectivity index (χ0n) is 15.3. The fourth-order valence-corrected chi connectivity index (χ4v) is 3.41. The monoisotopic (exact) mass is 430 g/mol. The Morgan fingerprint density at radius 2 is 1.79 bits per heavy atom. The van der Waals surface area contributed by atoms with Crippen molar-refractivity contribution >= 4 is 34.2 Å². The van der Waals surface area contributed by atoms with Gasteiger partial charge in [0.25, 0.3) is 0 Å². The SMILES string of the molecule is O=CC[C@H](NC(=O)CCCCCNS(=O)(=O)c1ccc(O)c(C(=O)O)c1)C(=O)O. The van der Waals surface area contributed by atoms with Crippen molar-refractivity contribution in [3.8, 4) is 5.75 Å². The third kappa shape index (κ3) is 7.87. The number of unbranched alkanes of at least 4 members (excludes halogenated alkanes) is 2. The molecule has 160 valence electrons. The summed E-state index contributed by atoms with van der Waals surface area (Å²) in [6, 6.07) is 1.63. The van der Waals surface area contributed by atoms with Crippen LogP contribution < -0.4 is 10.0 Å². The Morgan fingerprint density at radius 1 is 1.10 bits per heavy atom. The van der Waals surface area contributed by atoms with Crippen LogP contribution in [0.1, 0.15) is 42.5 Å². The number of nitrogens with one attached hydrogen (secondary N) is 2. The molecule has 12 heteroatoms. The largest absolute Gasteiger partial charge is 0.507 e. The van der Waals surface area contributed by atoms with Gasteiger partial charge in [0.05, 0.1) is 4.90 Å². The summed E-state index contributed by atoms with van der Waals surface area (Å²) in [6.07, 6.45) is 1.32. The highest BCUT2D eigenvalue weighted by Gasteiger charge is 2.20. The number of sulfonamides is 1. The molecule has 29 heavy (non-hydrogen) atoms. The van der Waals surface area contributed by atoms with Gasteiger partial charge in [0.1, 0.15) is 23.6 Å². The maximum Gasteiger partial charge on any atom is 0.339 e. The lowest BCUT2D eigenvalue weighted by atomic mass is 10.1. The van der Waals surface area contributed by atoms with Crippen molar-refractivity contribution < 1.29 is 42.9 Å². The first-order valence-corrected chi connectivity index (χ1v) is 10.1. The second-order valence-electron chi connectivity index (χ2n) is 6.05. The van der Waals surface area contributed by atoms with E-state index in [-0.39, 0.29) is 24.3 Å². The van der Waals surface area contributed by atoms with E-state index < -0.39 is 45.2 Å². The standard InChI is InChI=1S/C17H22N2O9S/c20-9-7-13(17(25)26)19-15(22)4-2-1-3-8-18-29(27,28)11-5-6-14(21)12(10-11)16(23)24/h5-6,9-10,13,18,21H,1-4,7-8H2,(H,19,22)(H,23,24)(H,25,26)/t13-/m0/s1. The van der Waals surface area contributed by atoms with E-state index in [4.69, 9.17) is 10.2 Å².